The molecule has 12 rings (SSSR count). The summed E-state index contributed by atoms with van der Waals surface area (Å²) in [5, 5.41) is 7.59. The lowest BCUT2D eigenvalue weighted by Gasteiger charge is -2.22. The summed E-state index contributed by atoms with van der Waals surface area (Å²) in [5.74, 6) is 0. The van der Waals surface area contributed by atoms with Gasteiger partial charge in [-0.15, -0.1) is 0 Å². The van der Waals surface area contributed by atoms with Crippen LogP contribution < -0.4 is 22.1 Å². The molecule has 0 aliphatic heterocycles. The highest BCUT2D eigenvalue weighted by Gasteiger charge is 2.22. The van der Waals surface area contributed by atoms with E-state index in [1.54, 1.807) is 0 Å². The van der Waals surface area contributed by atoms with Gasteiger partial charge in [-0.3, -0.25) is 0 Å². The predicted octanol–water partition coefficient (Wildman–Crippen LogP) is 32.0. The number of unbranched alkanes of at least 4 members (excludes halogenated alkanes) is 12. The van der Waals surface area contributed by atoms with E-state index in [0.717, 1.165) is 64.0 Å². The number of rotatable bonds is 31. The van der Waals surface area contributed by atoms with Gasteiger partial charge in [0.25, 0.3) is 0 Å². The molecule has 0 bridgehead atoms. The highest BCUT2D eigenvalue weighted by molar-refractivity contribution is 9.10. The lowest BCUT2D eigenvalue weighted by Crippen LogP contribution is -2.02. The molecule has 4 nitrogen and oxygen atoms in total. The van der Waals surface area contributed by atoms with Crippen LogP contribution in [0.3, 0.4) is 0 Å². The molecule has 12 aromatic carbocycles. The van der Waals surface area contributed by atoms with Crippen molar-refractivity contribution in [2.45, 2.75) is 232 Å². The predicted molar refractivity (Wildman–Crippen MR) is 497 cm³/mol. The maximum atomic E-state index is 6.28. The first-order valence-corrected chi connectivity index (χ1v) is 42.9. The first kappa shape index (κ1) is 84.8. The Morgan fingerprint density at radius 2 is 0.500 bits per heavy atom. The molecule has 0 heterocycles. The van der Waals surface area contributed by atoms with E-state index in [0.29, 0.717) is 0 Å². The fourth-order valence-corrected chi connectivity index (χ4v) is 16.6. The number of nitrogens with two attached hydrogens (primary N) is 2. The first-order valence-electron chi connectivity index (χ1n) is 42.1. The van der Waals surface area contributed by atoms with Crippen LogP contribution in [0.5, 0.6) is 0 Å². The van der Waals surface area contributed by atoms with Gasteiger partial charge in [0, 0.05) is 38.6 Å². The molecular formula is C107H127BrN4. The molecule has 0 atom stereocenters. The van der Waals surface area contributed by atoms with Crippen molar-refractivity contribution in [2.75, 3.05) is 22.1 Å². The van der Waals surface area contributed by atoms with Crippen LogP contribution in [-0.4, -0.2) is 0 Å². The van der Waals surface area contributed by atoms with Crippen molar-refractivity contribution < 1.29 is 0 Å². The van der Waals surface area contributed by atoms with Gasteiger partial charge in [0.05, 0.1) is 0 Å². The molecular weight excluding hydrogens is 1420 g/mol. The van der Waals surface area contributed by atoms with Crippen LogP contribution in [0.15, 0.2) is 223 Å². The zero-order chi connectivity index (χ0) is 79.8. The van der Waals surface area contributed by atoms with Crippen LogP contribution in [0.25, 0.3) is 77.9 Å². The minimum Gasteiger partial charge on any atom is -0.399 e. The summed E-state index contributed by atoms with van der Waals surface area (Å²) in [6.07, 6.45) is 24.5. The average Bonchev–Trinajstić information content (AvgIpc) is 0.771. The van der Waals surface area contributed by atoms with Crippen molar-refractivity contribution in [3.63, 3.8) is 0 Å². The van der Waals surface area contributed by atoms with E-state index in [1.807, 2.05) is 6.07 Å². The largest absolute Gasteiger partial charge is 0.399 e. The molecule has 0 amide bonds. The van der Waals surface area contributed by atoms with Gasteiger partial charge in [0.1, 0.15) is 0 Å². The molecule has 582 valence electrons. The Kier molecular flexibility index (Phi) is 31.6. The maximum absolute atomic E-state index is 6.28. The van der Waals surface area contributed by atoms with Gasteiger partial charge < -0.3 is 22.1 Å². The van der Waals surface area contributed by atoms with Crippen molar-refractivity contribution in [1.82, 2.24) is 0 Å². The van der Waals surface area contributed by atoms with E-state index in [2.05, 4.69) is 343 Å². The summed E-state index contributed by atoms with van der Waals surface area (Å²) in [6, 6.07) is 80.4. The lowest BCUT2D eigenvalue weighted by molar-refractivity contribution is 0.664. The Hall–Kier alpha value is -9.68. The van der Waals surface area contributed by atoms with Crippen LogP contribution >= 0.6 is 15.9 Å². The van der Waals surface area contributed by atoms with Gasteiger partial charge in [-0.25, -0.2) is 0 Å². The van der Waals surface area contributed by atoms with Crippen molar-refractivity contribution >= 4 is 50.1 Å². The molecule has 6 N–H and O–H groups in total. The smallest absolute Gasteiger partial charge is 0.0417 e. The van der Waals surface area contributed by atoms with Crippen molar-refractivity contribution in [3.05, 3.63) is 306 Å². The second-order valence-electron chi connectivity index (χ2n) is 32.0. The minimum absolute atomic E-state index is 0.880. The van der Waals surface area contributed by atoms with E-state index in [-0.39, 0.29) is 0 Å². The van der Waals surface area contributed by atoms with E-state index in [4.69, 9.17) is 11.5 Å². The monoisotopic (exact) mass is 1550 g/mol. The van der Waals surface area contributed by atoms with Gasteiger partial charge in [-0.2, -0.15) is 0 Å². The van der Waals surface area contributed by atoms with E-state index >= 15 is 0 Å². The van der Waals surface area contributed by atoms with Crippen molar-refractivity contribution in [3.8, 4) is 77.9 Å². The van der Waals surface area contributed by atoms with Crippen LogP contribution in [0.4, 0.5) is 34.1 Å². The SMILES string of the molecule is CCCCCCc1cc(-c2cc(C)c(N)cc2C)c(CCCCCC)cc1-c1cc(C)c(N)cc1C.CCCCCCc1cc(-c2cc(C)c(Nc3ccc(-c4ccccc4)c(C)c3)cc2C)c(CCCCCC)cc1-c1cc(C)c(Nc2ccc(-c3ccccc3)c(C)c2)cc1C.Cc1cc(Br)ccc1-c1ccccc1. The molecule has 0 unspecified atom stereocenters. The number of anilines is 6. The molecule has 0 spiro atoms. The Morgan fingerprint density at radius 3 is 0.786 bits per heavy atom. The van der Waals surface area contributed by atoms with Gasteiger partial charge in [-0.05, 0) is 374 Å². The summed E-state index contributed by atoms with van der Waals surface area (Å²) < 4.78 is 1.13. The third kappa shape index (κ3) is 22.6. The molecule has 5 heteroatoms. The first-order chi connectivity index (χ1) is 54.2. The van der Waals surface area contributed by atoms with E-state index < -0.39 is 0 Å². The molecule has 112 heavy (non-hydrogen) atoms. The standard InChI is InChI=1S/C60H68N2.C34H48N2.C13H11Br/c1-9-11-13-17-27-49-39-58(56-36-46(8)60(38-44(56)6)62-52-30-32-54(42(4)34-52)48-25-21-16-22-26-48)50(28-18-14-12-10-2)40-57(49)55-35-45(7)59(37-43(55)5)61-51-29-31-53(41(3)33-51)47-23-19-15-20-24-47;1-7-9-11-13-15-27-21-32(30-18-26(6)34(36)20-24(30)4)28(16-14-12-10-8-2)22-31(27)29-17-25(5)33(35)19-23(29)3;1-10-9-12(14)7-8-13(10)11-5-3-2-4-6-11/h15-16,19-26,29-40,61-62H,9-14,17-18,27-28H2,1-8H3;17-22H,7-16,35-36H2,1-6H3;2-9H,1H3. The summed E-state index contributed by atoms with van der Waals surface area (Å²) in [4.78, 5) is 0. The van der Waals surface area contributed by atoms with E-state index in [9.17, 15) is 0 Å². The van der Waals surface area contributed by atoms with Gasteiger partial charge in [0.15, 0.2) is 0 Å². The maximum Gasteiger partial charge on any atom is 0.0417 e. The topological polar surface area (TPSA) is 76.1 Å². The molecule has 0 saturated heterocycles. The number of benzene rings is 12. The van der Waals surface area contributed by atoms with Gasteiger partial charge in [0.2, 0.25) is 0 Å². The summed E-state index contributed by atoms with van der Waals surface area (Å²) >= 11 is 3.47. The quantitative estimate of drug-likeness (QED) is 0.0258. The molecule has 0 saturated carbocycles. The van der Waals surface area contributed by atoms with Crippen LogP contribution in [0.2, 0.25) is 0 Å². The van der Waals surface area contributed by atoms with Gasteiger partial charge in [-0.1, -0.05) is 254 Å². The third-order valence-electron chi connectivity index (χ3n) is 22.8. The Morgan fingerprint density at radius 1 is 0.232 bits per heavy atom. The van der Waals surface area contributed by atoms with Gasteiger partial charge >= 0.3 is 0 Å². The number of nitrogens with one attached hydrogen (secondary N) is 2. The fourth-order valence-electron chi connectivity index (χ4n) is 16.2. The Labute approximate surface area is 683 Å². The number of aryl methyl sites for hydroxylation is 15. The second-order valence-corrected chi connectivity index (χ2v) is 32.9. The van der Waals surface area contributed by atoms with Crippen LogP contribution in [0.1, 0.15) is 214 Å². The van der Waals surface area contributed by atoms with Crippen LogP contribution in [-0.2, 0) is 25.7 Å². The zero-order valence-electron chi connectivity index (χ0n) is 70.5. The summed E-state index contributed by atoms with van der Waals surface area (Å²) in [6.45, 7) is 33.5. The minimum atomic E-state index is 0.880. The Bertz CT molecular complexity index is 4810. The molecule has 0 aliphatic carbocycles. The normalized spacial score (nSPS) is 11.1. The number of halogens is 1. The molecule has 12 aromatic rings. The summed E-state index contributed by atoms with van der Waals surface area (Å²) in [5.41, 5.74) is 57.2. The average molecular weight is 1550 g/mol. The molecule has 0 aromatic heterocycles. The third-order valence-corrected chi connectivity index (χ3v) is 23.3. The fraction of sp³-hybridized carbons (Fsp3) is 0.327. The summed E-state index contributed by atoms with van der Waals surface area (Å²) in [7, 11) is 0. The Balaban J connectivity index is 0.000000221. The molecule has 0 radical (unpaired) electrons. The molecule has 0 aliphatic rings. The lowest BCUT2D eigenvalue weighted by atomic mass is 9.84. The highest BCUT2D eigenvalue weighted by atomic mass is 79.9. The molecule has 0 fully saturated rings. The number of hydrogen-bond acceptors (Lipinski definition) is 4. The van der Waals surface area contributed by atoms with E-state index in [1.165, 1.54) is 264 Å². The van der Waals surface area contributed by atoms with Crippen molar-refractivity contribution in [2.24, 2.45) is 0 Å². The highest BCUT2D eigenvalue weighted by Crippen LogP contribution is 2.43. The van der Waals surface area contributed by atoms with Crippen LogP contribution in [0, 0.1) is 76.2 Å². The van der Waals surface area contributed by atoms with Crippen molar-refractivity contribution in [1.29, 1.82) is 0 Å². The number of nitrogen functional groups attached to an aromatic ring is 2. The zero-order valence-corrected chi connectivity index (χ0v) is 72.0. The number of hydrogen-bond donors (Lipinski definition) is 4. The second kappa shape index (κ2) is 41.7.